The van der Waals surface area contributed by atoms with Gasteiger partial charge in [-0.1, -0.05) is 12.1 Å². The van der Waals surface area contributed by atoms with Gasteiger partial charge in [0.05, 0.1) is 11.5 Å². The highest BCUT2D eigenvalue weighted by atomic mass is 19.3. The van der Waals surface area contributed by atoms with E-state index in [1.165, 1.54) is 12.1 Å². The second-order valence-electron chi connectivity index (χ2n) is 5.05. The summed E-state index contributed by atoms with van der Waals surface area (Å²) in [5.74, 6) is 0.142. The predicted molar refractivity (Wildman–Crippen MR) is 68.9 cm³/mol. The molecule has 1 N–H and O–H groups in total. The molecule has 0 bridgehead atoms. The predicted octanol–water partition coefficient (Wildman–Crippen LogP) is 3.49. The summed E-state index contributed by atoms with van der Waals surface area (Å²) < 4.78 is 28.3. The van der Waals surface area contributed by atoms with Crippen molar-refractivity contribution in [2.75, 3.05) is 6.54 Å². The fraction of sp³-hybridized carbons (Fsp3) is 0.500. The molecule has 0 fully saturated rings. The summed E-state index contributed by atoms with van der Waals surface area (Å²) in [6.07, 6.45) is 0. The van der Waals surface area contributed by atoms with Crippen molar-refractivity contribution >= 4 is 0 Å². The van der Waals surface area contributed by atoms with Gasteiger partial charge in [0.2, 0.25) is 0 Å². The Morgan fingerprint density at radius 3 is 2.37 bits per heavy atom. The fourth-order valence-corrected chi connectivity index (χ4v) is 1.50. The van der Waals surface area contributed by atoms with E-state index in [9.17, 15) is 8.78 Å². The molecule has 1 aromatic carbocycles. The molecule has 0 amide bonds. The number of nitrogens with zero attached hydrogens (tertiary/aromatic N) is 1. The standard InChI is InChI=1S/C14H18F2N2O/c1-10(18-9-14(2,3)8-17)11-4-6-12(7-5-11)19-13(15)16/h4-7,10,13,18H,9H2,1-3H3. The number of alkyl halides is 2. The van der Waals surface area contributed by atoms with Crippen molar-refractivity contribution in [2.45, 2.75) is 33.4 Å². The maximum absolute atomic E-state index is 12.0. The van der Waals surface area contributed by atoms with Crippen LogP contribution in [0.25, 0.3) is 0 Å². The first-order chi connectivity index (χ1) is 8.84. The van der Waals surface area contributed by atoms with Gasteiger partial charge in [-0.2, -0.15) is 14.0 Å². The molecule has 0 saturated heterocycles. The van der Waals surface area contributed by atoms with E-state index in [2.05, 4.69) is 16.1 Å². The molecule has 0 saturated carbocycles. The van der Waals surface area contributed by atoms with E-state index in [-0.39, 0.29) is 11.8 Å². The molecule has 1 rings (SSSR count). The van der Waals surface area contributed by atoms with Crippen molar-refractivity contribution in [1.82, 2.24) is 5.32 Å². The Morgan fingerprint density at radius 2 is 1.89 bits per heavy atom. The molecule has 1 unspecified atom stereocenters. The Hall–Kier alpha value is -1.67. The minimum atomic E-state index is -2.81. The van der Waals surface area contributed by atoms with Gasteiger partial charge in [-0.15, -0.1) is 0 Å². The van der Waals surface area contributed by atoms with Gasteiger partial charge in [0.1, 0.15) is 5.75 Å². The quantitative estimate of drug-likeness (QED) is 0.859. The number of halogens is 2. The third-order valence-electron chi connectivity index (χ3n) is 2.76. The largest absolute Gasteiger partial charge is 0.435 e. The van der Waals surface area contributed by atoms with Crippen LogP contribution in [0.2, 0.25) is 0 Å². The molecule has 0 spiro atoms. The molecule has 0 aliphatic carbocycles. The van der Waals surface area contributed by atoms with Crippen LogP contribution in [-0.2, 0) is 0 Å². The van der Waals surface area contributed by atoms with Crippen molar-refractivity contribution in [1.29, 1.82) is 5.26 Å². The van der Waals surface area contributed by atoms with Crippen LogP contribution in [0.15, 0.2) is 24.3 Å². The van der Waals surface area contributed by atoms with Crippen molar-refractivity contribution < 1.29 is 13.5 Å². The molecule has 0 aliphatic heterocycles. The first-order valence-corrected chi connectivity index (χ1v) is 6.03. The van der Waals surface area contributed by atoms with E-state index in [0.29, 0.717) is 6.54 Å². The molecule has 0 heterocycles. The third-order valence-corrected chi connectivity index (χ3v) is 2.76. The van der Waals surface area contributed by atoms with Gasteiger partial charge < -0.3 is 10.1 Å². The van der Waals surface area contributed by atoms with Gasteiger partial charge in [-0.05, 0) is 38.5 Å². The molecular formula is C14H18F2N2O. The molecule has 3 nitrogen and oxygen atoms in total. The normalized spacial score (nSPS) is 13.1. The van der Waals surface area contributed by atoms with Crippen LogP contribution >= 0.6 is 0 Å². The van der Waals surface area contributed by atoms with Crippen LogP contribution in [0.4, 0.5) is 8.78 Å². The van der Waals surface area contributed by atoms with Gasteiger partial charge >= 0.3 is 6.61 Å². The summed E-state index contributed by atoms with van der Waals surface area (Å²) in [5, 5.41) is 12.2. The summed E-state index contributed by atoms with van der Waals surface area (Å²) in [5.41, 5.74) is 0.517. The number of rotatable bonds is 6. The van der Waals surface area contributed by atoms with E-state index in [4.69, 9.17) is 5.26 Å². The zero-order valence-electron chi connectivity index (χ0n) is 11.3. The smallest absolute Gasteiger partial charge is 0.387 e. The molecule has 19 heavy (non-hydrogen) atoms. The van der Waals surface area contributed by atoms with Crippen molar-refractivity contribution in [3.05, 3.63) is 29.8 Å². The highest BCUT2D eigenvalue weighted by Crippen LogP contribution is 2.20. The molecule has 0 aliphatic rings. The molecule has 0 aromatic heterocycles. The zero-order valence-corrected chi connectivity index (χ0v) is 11.3. The van der Waals surface area contributed by atoms with Crippen LogP contribution in [0.3, 0.4) is 0 Å². The summed E-state index contributed by atoms with van der Waals surface area (Å²) in [4.78, 5) is 0. The lowest BCUT2D eigenvalue weighted by Crippen LogP contribution is -2.30. The average molecular weight is 268 g/mol. The lowest BCUT2D eigenvalue weighted by atomic mass is 9.95. The number of nitrogens with one attached hydrogen (secondary N) is 1. The van der Waals surface area contributed by atoms with E-state index < -0.39 is 12.0 Å². The van der Waals surface area contributed by atoms with Gasteiger partial charge in [0, 0.05) is 12.6 Å². The van der Waals surface area contributed by atoms with Crippen LogP contribution < -0.4 is 10.1 Å². The molecule has 104 valence electrons. The van der Waals surface area contributed by atoms with Crippen molar-refractivity contribution in [3.63, 3.8) is 0 Å². The maximum atomic E-state index is 12.0. The lowest BCUT2D eigenvalue weighted by molar-refractivity contribution is -0.0498. The molecule has 1 aromatic rings. The second kappa shape index (κ2) is 6.48. The Kier molecular flexibility index (Phi) is 5.25. The van der Waals surface area contributed by atoms with E-state index in [0.717, 1.165) is 5.56 Å². The Morgan fingerprint density at radius 1 is 1.32 bits per heavy atom. The van der Waals surface area contributed by atoms with Gasteiger partial charge in [0.15, 0.2) is 0 Å². The SMILES string of the molecule is CC(NCC(C)(C)C#N)c1ccc(OC(F)F)cc1. The number of hydrogen-bond donors (Lipinski definition) is 1. The lowest BCUT2D eigenvalue weighted by Gasteiger charge is -2.21. The first-order valence-electron chi connectivity index (χ1n) is 6.03. The van der Waals surface area contributed by atoms with Crippen LogP contribution in [0.5, 0.6) is 5.75 Å². The summed E-state index contributed by atoms with van der Waals surface area (Å²) in [7, 11) is 0. The number of nitriles is 1. The van der Waals surface area contributed by atoms with Crippen molar-refractivity contribution in [3.8, 4) is 11.8 Å². The zero-order chi connectivity index (χ0) is 14.5. The van der Waals surface area contributed by atoms with Gasteiger partial charge in [0.25, 0.3) is 0 Å². The number of ether oxygens (including phenoxy) is 1. The van der Waals surface area contributed by atoms with Gasteiger partial charge in [-0.3, -0.25) is 0 Å². The molecular weight excluding hydrogens is 250 g/mol. The number of hydrogen-bond acceptors (Lipinski definition) is 3. The van der Waals surface area contributed by atoms with E-state index >= 15 is 0 Å². The van der Waals surface area contributed by atoms with Crippen LogP contribution in [0, 0.1) is 16.7 Å². The maximum Gasteiger partial charge on any atom is 0.387 e. The first kappa shape index (κ1) is 15.4. The topological polar surface area (TPSA) is 45.0 Å². The molecule has 0 radical (unpaired) electrons. The monoisotopic (exact) mass is 268 g/mol. The molecule has 1 atom stereocenters. The third kappa shape index (κ3) is 5.23. The number of benzene rings is 1. The molecule has 5 heteroatoms. The van der Waals surface area contributed by atoms with Crippen LogP contribution in [0.1, 0.15) is 32.4 Å². The van der Waals surface area contributed by atoms with E-state index in [1.54, 1.807) is 12.1 Å². The Labute approximate surface area is 112 Å². The van der Waals surface area contributed by atoms with Crippen LogP contribution in [-0.4, -0.2) is 13.2 Å². The second-order valence-corrected chi connectivity index (χ2v) is 5.05. The van der Waals surface area contributed by atoms with Crippen molar-refractivity contribution in [2.24, 2.45) is 5.41 Å². The Balaban J connectivity index is 2.58. The summed E-state index contributed by atoms with van der Waals surface area (Å²) >= 11 is 0. The average Bonchev–Trinajstić information content (AvgIpc) is 2.36. The minimum Gasteiger partial charge on any atom is -0.435 e. The minimum absolute atomic E-state index is 0.0354. The highest BCUT2D eigenvalue weighted by molar-refractivity contribution is 5.29. The highest BCUT2D eigenvalue weighted by Gasteiger charge is 2.17. The summed E-state index contributed by atoms with van der Waals surface area (Å²) in [6.45, 7) is 3.41. The Bertz CT molecular complexity index is 438. The van der Waals surface area contributed by atoms with E-state index in [1.807, 2.05) is 20.8 Å². The fourth-order valence-electron chi connectivity index (χ4n) is 1.50. The summed E-state index contributed by atoms with van der Waals surface area (Å²) in [6, 6.07) is 8.73. The van der Waals surface area contributed by atoms with Gasteiger partial charge in [-0.25, -0.2) is 0 Å².